The number of carbonyl (C=O) groups excluding carboxylic acids is 1. The lowest BCUT2D eigenvalue weighted by Gasteiger charge is -2.33. The molecule has 2 rings (SSSR count). The molecule has 1 atom stereocenters. The summed E-state index contributed by atoms with van der Waals surface area (Å²) < 4.78 is 0. The van der Waals surface area contributed by atoms with Crippen LogP contribution in [-0.2, 0) is 4.79 Å². The highest BCUT2D eigenvalue weighted by molar-refractivity contribution is 5.76. The number of piperidine rings is 1. The third kappa shape index (κ3) is 3.96. The van der Waals surface area contributed by atoms with Crippen LogP contribution in [0.15, 0.2) is 0 Å². The molecule has 1 aliphatic carbocycles. The fourth-order valence-electron chi connectivity index (χ4n) is 2.46. The van der Waals surface area contributed by atoms with Gasteiger partial charge >= 0.3 is 0 Å². The fourth-order valence-corrected chi connectivity index (χ4v) is 2.46. The van der Waals surface area contributed by atoms with E-state index in [-0.39, 0.29) is 12.0 Å². The third-order valence-electron chi connectivity index (χ3n) is 3.92. The van der Waals surface area contributed by atoms with Gasteiger partial charge in [0.15, 0.2) is 0 Å². The first-order chi connectivity index (χ1) is 8.16. The summed E-state index contributed by atoms with van der Waals surface area (Å²) in [5, 5.41) is 12.9. The van der Waals surface area contributed by atoms with E-state index in [0.29, 0.717) is 18.4 Å². The minimum absolute atomic E-state index is 0.233. The van der Waals surface area contributed by atoms with Crippen LogP contribution in [0.1, 0.15) is 39.0 Å². The van der Waals surface area contributed by atoms with E-state index in [1.165, 1.54) is 12.8 Å². The number of aliphatic hydroxyl groups is 1. The molecule has 1 amide bonds. The van der Waals surface area contributed by atoms with E-state index in [2.05, 4.69) is 5.32 Å². The molecule has 17 heavy (non-hydrogen) atoms. The van der Waals surface area contributed by atoms with E-state index in [0.717, 1.165) is 32.5 Å². The molecule has 2 aliphatic rings. The van der Waals surface area contributed by atoms with Gasteiger partial charge in [0.05, 0.1) is 6.10 Å². The monoisotopic (exact) mass is 240 g/mol. The Morgan fingerprint density at radius 3 is 2.53 bits per heavy atom. The number of nitrogens with one attached hydrogen (secondary N) is 1. The maximum absolute atomic E-state index is 11.9. The van der Waals surface area contributed by atoms with E-state index in [1.807, 2.05) is 11.8 Å². The first-order valence-electron chi connectivity index (χ1n) is 6.86. The zero-order valence-electron chi connectivity index (χ0n) is 10.7. The molecule has 0 radical (unpaired) electrons. The summed E-state index contributed by atoms with van der Waals surface area (Å²) in [5.74, 6) is 0.644. The topological polar surface area (TPSA) is 52.6 Å². The molecule has 1 saturated carbocycles. The number of aliphatic hydroxyl groups excluding tert-OH is 1. The van der Waals surface area contributed by atoms with Crippen molar-refractivity contribution in [3.05, 3.63) is 0 Å². The molecule has 0 aromatic heterocycles. The number of carbonyl (C=O) groups is 1. The lowest BCUT2D eigenvalue weighted by molar-refractivity contribution is -0.133. The van der Waals surface area contributed by atoms with Crippen molar-refractivity contribution in [2.75, 3.05) is 19.6 Å². The van der Waals surface area contributed by atoms with Crippen LogP contribution in [0.4, 0.5) is 0 Å². The van der Waals surface area contributed by atoms with Crippen molar-refractivity contribution >= 4 is 5.91 Å². The van der Waals surface area contributed by atoms with E-state index in [1.54, 1.807) is 0 Å². The van der Waals surface area contributed by atoms with Gasteiger partial charge in [-0.25, -0.2) is 0 Å². The molecule has 2 N–H and O–H groups in total. The predicted octanol–water partition coefficient (Wildman–Crippen LogP) is 0.748. The number of hydrogen-bond acceptors (Lipinski definition) is 3. The van der Waals surface area contributed by atoms with Crippen molar-refractivity contribution < 1.29 is 9.90 Å². The second kappa shape index (κ2) is 5.83. The Balaban J connectivity index is 1.62. The molecule has 98 valence electrons. The number of hydrogen-bond donors (Lipinski definition) is 2. The Morgan fingerprint density at radius 2 is 2.00 bits per heavy atom. The van der Waals surface area contributed by atoms with Crippen molar-refractivity contribution in [3.8, 4) is 0 Å². The Labute approximate surface area is 103 Å². The van der Waals surface area contributed by atoms with E-state index >= 15 is 0 Å². The zero-order chi connectivity index (χ0) is 12.3. The average molecular weight is 240 g/mol. The number of likely N-dealkylation sites (tertiary alicyclic amines) is 1. The molecular weight excluding hydrogens is 216 g/mol. The van der Waals surface area contributed by atoms with E-state index in [9.17, 15) is 9.90 Å². The van der Waals surface area contributed by atoms with Crippen LogP contribution in [-0.4, -0.2) is 47.7 Å². The van der Waals surface area contributed by atoms with Crippen LogP contribution in [0.25, 0.3) is 0 Å². The van der Waals surface area contributed by atoms with E-state index in [4.69, 9.17) is 0 Å². The van der Waals surface area contributed by atoms with Crippen molar-refractivity contribution in [1.82, 2.24) is 10.2 Å². The van der Waals surface area contributed by atoms with Gasteiger partial charge in [0.25, 0.3) is 0 Å². The number of amides is 1. The summed E-state index contributed by atoms with van der Waals surface area (Å²) in [6.45, 7) is 4.30. The highest BCUT2D eigenvalue weighted by Crippen LogP contribution is 2.21. The lowest BCUT2D eigenvalue weighted by Crippen LogP contribution is -2.41. The summed E-state index contributed by atoms with van der Waals surface area (Å²) in [4.78, 5) is 13.9. The summed E-state index contributed by atoms with van der Waals surface area (Å²) in [7, 11) is 0. The molecule has 0 aromatic carbocycles. The quantitative estimate of drug-likeness (QED) is 0.745. The van der Waals surface area contributed by atoms with E-state index < -0.39 is 0 Å². The van der Waals surface area contributed by atoms with Gasteiger partial charge < -0.3 is 15.3 Å². The van der Waals surface area contributed by atoms with Gasteiger partial charge in [-0.3, -0.25) is 4.79 Å². The maximum atomic E-state index is 11.9. The van der Waals surface area contributed by atoms with Gasteiger partial charge in [-0.1, -0.05) is 0 Å². The highest BCUT2D eigenvalue weighted by Gasteiger charge is 2.25. The molecule has 0 spiro atoms. The number of nitrogens with zero attached hydrogens (tertiary/aromatic N) is 1. The lowest BCUT2D eigenvalue weighted by atomic mass is 9.92. The van der Waals surface area contributed by atoms with Gasteiger partial charge in [0, 0.05) is 32.1 Å². The van der Waals surface area contributed by atoms with Crippen LogP contribution in [0.3, 0.4) is 0 Å². The van der Waals surface area contributed by atoms with Gasteiger partial charge in [-0.05, 0) is 38.5 Å². The van der Waals surface area contributed by atoms with Gasteiger partial charge in [0.1, 0.15) is 0 Å². The first-order valence-corrected chi connectivity index (χ1v) is 6.86. The Bertz CT molecular complexity index is 256. The van der Waals surface area contributed by atoms with Crippen LogP contribution in [0, 0.1) is 5.92 Å². The molecule has 0 aromatic rings. The van der Waals surface area contributed by atoms with Crippen molar-refractivity contribution in [2.24, 2.45) is 5.92 Å². The molecule has 1 unspecified atom stereocenters. The second-order valence-electron chi connectivity index (χ2n) is 5.44. The fraction of sp³-hybridized carbons (Fsp3) is 0.923. The standard InChI is InChI=1S/C13H24N2O2/c1-10(16)11-5-8-15(9-6-11)13(17)4-7-14-12-2-3-12/h10-12,14,16H,2-9H2,1H3. The van der Waals surface area contributed by atoms with Crippen LogP contribution < -0.4 is 5.32 Å². The summed E-state index contributed by atoms with van der Waals surface area (Å²) in [5.41, 5.74) is 0. The summed E-state index contributed by atoms with van der Waals surface area (Å²) in [6.07, 6.45) is 4.82. The maximum Gasteiger partial charge on any atom is 0.223 e. The minimum Gasteiger partial charge on any atom is -0.393 e. The largest absolute Gasteiger partial charge is 0.393 e. The molecule has 1 aliphatic heterocycles. The molecule has 4 nitrogen and oxygen atoms in total. The molecule has 0 bridgehead atoms. The van der Waals surface area contributed by atoms with Crippen molar-refractivity contribution in [1.29, 1.82) is 0 Å². The van der Waals surface area contributed by atoms with Crippen LogP contribution >= 0.6 is 0 Å². The minimum atomic E-state index is -0.233. The highest BCUT2D eigenvalue weighted by atomic mass is 16.3. The number of rotatable bonds is 5. The van der Waals surface area contributed by atoms with Gasteiger partial charge in [-0.15, -0.1) is 0 Å². The SMILES string of the molecule is CC(O)C1CCN(C(=O)CCNC2CC2)CC1. The third-order valence-corrected chi connectivity index (χ3v) is 3.92. The van der Waals surface area contributed by atoms with Crippen molar-refractivity contribution in [3.63, 3.8) is 0 Å². The second-order valence-corrected chi connectivity index (χ2v) is 5.44. The summed E-state index contributed by atoms with van der Waals surface area (Å²) >= 11 is 0. The predicted molar refractivity (Wildman–Crippen MR) is 66.6 cm³/mol. The smallest absolute Gasteiger partial charge is 0.223 e. The Hall–Kier alpha value is -0.610. The molecule has 1 saturated heterocycles. The first kappa shape index (κ1) is 12.8. The molecule has 1 heterocycles. The average Bonchev–Trinajstić information content (AvgIpc) is 3.13. The normalized spacial score (nSPS) is 23.8. The van der Waals surface area contributed by atoms with Gasteiger partial charge in [0.2, 0.25) is 5.91 Å². The molecule has 2 fully saturated rings. The zero-order valence-corrected chi connectivity index (χ0v) is 10.7. The molecule has 4 heteroatoms. The van der Waals surface area contributed by atoms with Crippen molar-refractivity contribution in [2.45, 2.75) is 51.2 Å². The van der Waals surface area contributed by atoms with Crippen LogP contribution in [0.5, 0.6) is 0 Å². The summed E-state index contributed by atoms with van der Waals surface area (Å²) in [6, 6.07) is 0.684. The molecular formula is C13H24N2O2. The Morgan fingerprint density at radius 1 is 1.35 bits per heavy atom. The van der Waals surface area contributed by atoms with Gasteiger partial charge in [-0.2, -0.15) is 0 Å². The Kier molecular flexibility index (Phi) is 4.40. The van der Waals surface area contributed by atoms with Crippen LogP contribution in [0.2, 0.25) is 0 Å².